The Hall–Kier alpha value is -1.77. The fourth-order valence-electron chi connectivity index (χ4n) is 2.17. The summed E-state index contributed by atoms with van der Waals surface area (Å²) in [5.41, 5.74) is 2.73. The van der Waals surface area contributed by atoms with Gasteiger partial charge in [0.1, 0.15) is 11.3 Å². The number of rotatable bonds is 1. The first-order valence-corrected chi connectivity index (χ1v) is 5.30. The third kappa shape index (κ3) is 1.48. The van der Waals surface area contributed by atoms with Crippen LogP contribution >= 0.6 is 0 Å². The van der Waals surface area contributed by atoms with Crippen LogP contribution in [0.3, 0.4) is 0 Å². The second-order valence-electron chi connectivity index (χ2n) is 3.98. The summed E-state index contributed by atoms with van der Waals surface area (Å²) in [6.07, 6.45) is 0.657. The Bertz CT molecular complexity index is 609. The topological polar surface area (TPSA) is 50.4 Å². The van der Waals surface area contributed by atoms with Gasteiger partial charge < -0.3 is 9.52 Å². The van der Waals surface area contributed by atoms with Crippen LogP contribution in [0.5, 0.6) is 5.75 Å². The lowest BCUT2D eigenvalue weighted by Gasteiger charge is -2.08. The Morgan fingerprint density at radius 3 is 2.62 bits per heavy atom. The summed E-state index contributed by atoms with van der Waals surface area (Å²) < 4.78 is 5.21. The van der Waals surface area contributed by atoms with Crippen LogP contribution < -0.4 is 5.63 Å². The monoisotopic (exact) mass is 218 g/mol. The van der Waals surface area contributed by atoms with Crippen molar-refractivity contribution in [2.45, 2.75) is 27.2 Å². The molecule has 1 aromatic heterocycles. The van der Waals surface area contributed by atoms with E-state index in [1.54, 1.807) is 6.07 Å². The van der Waals surface area contributed by atoms with Crippen molar-refractivity contribution in [2.24, 2.45) is 0 Å². The summed E-state index contributed by atoms with van der Waals surface area (Å²) in [4.78, 5) is 11.7. The van der Waals surface area contributed by atoms with Crippen LogP contribution in [0.4, 0.5) is 0 Å². The van der Waals surface area contributed by atoms with Crippen molar-refractivity contribution in [1.82, 2.24) is 0 Å². The van der Waals surface area contributed by atoms with Crippen LogP contribution in [0.15, 0.2) is 21.3 Å². The van der Waals surface area contributed by atoms with E-state index in [1.165, 1.54) is 6.07 Å². The summed E-state index contributed by atoms with van der Waals surface area (Å²) >= 11 is 0. The average Bonchev–Trinajstić information content (AvgIpc) is 2.15. The summed E-state index contributed by atoms with van der Waals surface area (Å²) in [6.45, 7) is 5.75. The first-order valence-electron chi connectivity index (χ1n) is 5.30. The second kappa shape index (κ2) is 3.67. The van der Waals surface area contributed by atoms with Gasteiger partial charge in [0.05, 0.1) is 0 Å². The molecule has 1 N–H and O–H groups in total. The molecule has 1 heterocycles. The molecule has 3 nitrogen and oxygen atoms in total. The van der Waals surface area contributed by atoms with Crippen LogP contribution in [0.1, 0.15) is 23.6 Å². The van der Waals surface area contributed by atoms with E-state index < -0.39 is 0 Å². The van der Waals surface area contributed by atoms with Gasteiger partial charge in [-0.2, -0.15) is 0 Å². The Morgan fingerprint density at radius 2 is 2.00 bits per heavy atom. The molecule has 0 aliphatic rings. The van der Waals surface area contributed by atoms with Crippen LogP contribution in [0.25, 0.3) is 11.0 Å². The number of hydrogen-bond donors (Lipinski definition) is 1. The highest BCUT2D eigenvalue weighted by molar-refractivity contribution is 5.85. The first kappa shape index (κ1) is 10.7. The van der Waals surface area contributed by atoms with Gasteiger partial charge in [-0.3, -0.25) is 0 Å². The largest absolute Gasteiger partial charge is 0.508 e. The minimum atomic E-state index is -0.308. The van der Waals surface area contributed by atoms with Gasteiger partial charge in [0.15, 0.2) is 0 Å². The maximum absolute atomic E-state index is 11.7. The number of aromatic hydroxyl groups is 1. The Balaban J connectivity index is 2.99. The van der Waals surface area contributed by atoms with E-state index in [4.69, 9.17) is 4.42 Å². The van der Waals surface area contributed by atoms with Crippen molar-refractivity contribution in [1.29, 1.82) is 0 Å². The highest BCUT2D eigenvalue weighted by atomic mass is 16.4. The molecule has 2 aromatic rings. The molecule has 0 unspecified atom stereocenters. The lowest BCUT2D eigenvalue weighted by molar-refractivity contribution is 0.472. The molecule has 0 amide bonds. The van der Waals surface area contributed by atoms with E-state index in [9.17, 15) is 9.90 Å². The zero-order chi connectivity index (χ0) is 11.9. The Morgan fingerprint density at radius 1 is 1.31 bits per heavy atom. The third-order valence-corrected chi connectivity index (χ3v) is 2.91. The molecule has 0 radical (unpaired) electrons. The highest BCUT2D eigenvalue weighted by Gasteiger charge is 2.12. The fourth-order valence-corrected chi connectivity index (χ4v) is 2.17. The van der Waals surface area contributed by atoms with Crippen molar-refractivity contribution >= 4 is 11.0 Å². The van der Waals surface area contributed by atoms with Gasteiger partial charge in [-0.05, 0) is 37.5 Å². The molecule has 0 aliphatic heterocycles. The summed E-state index contributed by atoms with van der Waals surface area (Å²) in [5.74, 6) is 0.122. The minimum Gasteiger partial charge on any atom is -0.508 e. The minimum absolute atomic E-state index is 0.122. The first-order chi connectivity index (χ1) is 7.54. The van der Waals surface area contributed by atoms with Crippen LogP contribution in [0, 0.1) is 13.8 Å². The van der Waals surface area contributed by atoms with Crippen molar-refractivity contribution in [3.05, 3.63) is 39.2 Å². The average molecular weight is 218 g/mol. The zero-order valence-electron chi connectivity index (χ0n) is 9.63. The molecule has 0 spiro atoms. The summed E-state index contributed by atoms with van der Waals surface area (Å²) in [5, 5.41) is 10.4. The van der Waals surface area contributed by atoms with Gasteiger partial charge in [0.2, 0.25) is 0 Å². The smallest absolute Gasteiger partial charge is 0.339 e. The van der Waals surface area contributed by atoms with Crippen molar-refractivity contribution < 1.29 is 9.52 Å². The Kier molecular flexibility index (Phi) is 2.46. The predicted octanol–water partition coefficient (Wildman–Crippen LogP) is 2.68. The van der Waals surface area contributed by atoms with E-state index in [0.717, 1.165) is 16.5 Å². The molecule has 1 aromatic carbocycles. The lowest BCUT2D eigenvalue weighted by atomic mass is 10.0. The van der Waals surface area contributed by atoms with Crippen molar-refractivity contribution in [3.63, 3.8) is 0 Å². The number of benzene rings is 1. The fraction of sp³-hybridized carbons (Fsp3) is 0.308. The Labute approximate surface area is 93.3 Å². The number of hydrogen-bond acceptors (Lipinski definition) is 3. The van der Waals surface area contributed by atoms with Gasteiger partial charge in [0, 0.05) is 17.0 Å². The van der Waals surface area contributed by atoms with E-state index in [2.05, 4.69) is 0 Å². The molecule has 2 rings (SSSR count). The molecule has 0 saturated carbocycles. The number of phenolic OH excluding ortho intramolecular Hbond substituents is 1. The zero-order valence-corrected chi connectivity index (χ0v) is 9.63. The van der Waals surface area contributed by atoms with E-state index >= 15 is 0 Å². The molecule has 84 valence electrons. The molecule has 0 aliphatic carbocycles. The maximum atomic E-state index is 11.7. The molecule has 0 atom stereocenters. The molecule has 0 fully saturated rings. The van der Waals surface area contributed by atoms with E-state index in [0.29, 0.717) is 17.6 Å². The molecule has 0 saturated heterocycles. The van der Waals surface area contributed by atoms with Gasteiger partial charge in [-0.25, -0.2) is 4.79 Å². The van der Waals surface area contributed by atoms with Gasteiger partial charge >= 0.3 is 5.63 Å². The van der Waals surface area contributed by atoms with Crippen LogP contribution in [0.2, 0.25) is 0 Å². The van der Waals surface area contributed by atoms with Crippen molar-refractivity contribution in [3.8, 4) is 5.75 Å². The normalized spacial score (nSPS) is 10.9. The summed E-state index contributed by atoms with van der Waals surface area (Å²) in [6, 6.07) is 3.16. The highest BCUT2D eigenvalue weighted by Crippen LogP contribution is 2.27. The molecule has 16 heavy (non-hydrogen) atoms. The van der Waals surface area contributed by atoms with Crippen molar-refractivity contribution in [2.75, 3.05) is 0 Å². The number of phenols is 1. The van der Waals surface area contributed by atoms with Gasteiger partial charge in [0.25, 0.3) is 0 Å². The summed E-state index contributed by atoms with van der Waals surface area (Å²) in [7, 11) is 0. The molecule has 0 bridgehead atoms. The standard InChI is InChI=1S/C13H14O3/c1-4-10-8(3)12-7(2)5-9(14)6-11(12)16-13(10)15/h5-6,14H,4H2,1-3H3. The number of aryl methyl sites for hydroxylation is 2. The van der Waals surface area contributed by atoms with Crippen LogP contribution in [-0.4, -0.2) is 5.11 Å². The predicted molar refractivity (Wildman–Crippen MR) is 63.0 cm³/mol. The second-order valence-corrected chi connectivity index (χ2v) is 3.98. The van der Waals surface area contributed by atoms with Gasteiger partial charge in [-0.15, -0.1) is 0 Å². The SMILES string of the molecule is CCc1c(C)c2c(C)cc(O)cc2oc1=O. The lowest BCUT2D eigenvalue weighted by Crippen LogP contribution is -2.09. The molecule has 3 heteroatoms. The maximum Gasteiger partial charge on any atom is 0.339 e. The van der Waals surface area contributed by atoms with E-state index in [1.807, 2.05) is 20.8 Å². The quantitative estimate of drug-likeness (QED) is 0.748. The third-order valence-electron chi connectivity index (χ3n) is 2.91. The van der Waals surface area contributed by atoms with Crippen LogP contribution in [-0.2, 0) is 6.42 Å². The molecular weight excluding hydrogens is 204 g/mol. The molecular formula is C13H14O3. The van der Waals surface area contributed by atoms with Gasteiger partial charge in [-0.1, -0.05) is 6.92 Å². The number of fused-ring (bicyclic) bond motifs is 1. The van der Waals surface area contributed by atoms with E-state index in [-0.39, 0.29) is 11.4 Å².